The van der Waals surface area contributed by atoms with Crippen LogP contribution >= 0.6 is 0 Å². The Labute approximate surface area is 191 Å². The van der Waals surface area contributed by atoms with Crippen LogP contribution in [0.5, 0.6) is 0 Å². The number of amides is 4. The lowest BCUT2D eigenvalue weighted by atomic mass is 9.86. The predicted octanol–water partition coefficient (Wildman–Crippen LogP) is 2.65. The number of rotatable bonds is 6. The number of hydrogen-bond donors (Lipinski definition) is 1. The maximum atomic E-state index is 13.4. The van der Waals surface area contributed by atoms with Crippen LogP contribution in [-0.2, 0) is 16.0 Å². The number of hydrogen-bond acceptors (Lipinski definition) is 4. The van der Waals surface area contributed by atoms with Gasteiger partial charge in [-0.2, -0.15) is 0 Å². The fraction of sp³-hybridized carbons (Fsp3) is 0.640. The van der Waals surface area contributed by atoms with Crippen molar-refractivity contribution in [2.45, 2.75) is 64.0 Å². The van der Waals surface area contributed by atoms with Crippen LogP contribution in [0, 0.1) is 5.92 Å². The first-order valence-corrected chi connectivity index (χ1v) is 12.1. The van der Waals surface area contributed by atoms with Crippen LogP contribution < -0.4 is 5.32 Å². The van der Waals surface area contributed by atoms with Gasteiger partial charge in [0.05, 0.1) is 6.04 Å². The van der Waals surface area contributed by atoms with Gasteiger partial charge in [0.1, 0.15) is 5.54 Å². The van der Waals surface area contributed by atoms with E-state index in [2.05, 4.69) is 24.1 Å². The zero-order valence-corrected chi connectivity index (χ0v) is 19.4. The minimum Gasteiger partial charge on any atom is -0.341 e. The average molecular weight is 441 g/mol. The Morgan fingerprint density at radius 2 is 1.84 bits per heavy atom. The van der Waals surface area contributed by atoms with Gasteiger partial charge in [0, 0.05) is 39.1 Å². The Bertz CT molecular complexity index is 833. The first-order valence-electron chi connectivity index (χ1n) is 12.1. The third-order valence-electron chi connectivity index (χ3n) is 7.11. The molecule has 1 aromatic carbocycles. The Morgan fingerprint density at radius 3 is 2.53 bits per heavy atom. The minimum atomic E-state index is -0.760. The van der Waals surface area contributed by atoms with Gasteiger partial charge in [-0.15, -0.1) is 0 Å². The first-order chi connectivity index (χ1) is 15.4. The van der Waals surface area contributed by atoms with Gasteiger partial charge >= 0.3 is 6.03 Å². The van der Waals surface area contributed by atoms with Crippen LogP contribution in [0.2, 0.25) is 0 Å². The van der Waals surface area contributed by atoms with Crippen molar-refractivity contribution in [3.05, 3.63) is 35.9 Å². The molecule has 3 aliphatic rings. The number of likely N-dealkylation sites (tertiary alicyclic amines) is 2. The van der Waals surface area contributed by atoms with Crippen LogP contribution in [0.1, 0.15) is 51.5 Å². The molecule has 1 spiro atoms. The summed E-state index contributed by atoms with van der Waals surface area (Å²) in [7, 11) is 0. The molecule has 0 saturated carbocycles. The molecule has 32 heavy (non-hydrogen) atoms. The van der Waals surface area contributed by atoms with Gasteiger partial charge in [-0.25, -0.2) is 4.79 Å². The highest BCUT2D eigenvalue weighted by Crippen LogP contribution is 2.32. The topological polar surface area (TPSA) is 73.0 Å². The van der Waals surface area contributed by atoms with Crippen molar-refractivity contribution in [3.63, 3.8) is 0 Å². The molecule has 0 bridgehead atoms. The van der Waals surface area contributed by atoms with E-state index in [1.807, 2.05) is 35.2 Å². The molecule has 0 radical (unpaired) electrons. The number of piperidine rings is 2. The van der Waals surface area contributed by atoms with Gasteiger partial charge in [-0.05, 0) is 43.6 Å². The van der Waals surface area contributed by atoms with Crippen LogP contribution in [-0.4, -0.2) is 76.8 Å². The molecule has 1 N–H and O–H groups in total. The number of aryl methyl sites for hydroxylation is 1. The van der Waals surface area contributed by atoms with Crippen molar-refractivity contribution in [3.8, 4) is 0 Å². The molecule has 3 fully saturated rings. The summed E-state index contributed by atoms with van der Waals surface area (Å²) in [5.74, 6) is 0.597. The molecule has 1 aromatic rings. The summed E-state index contributed by atoms with van der Waals surface area (Å²) in [6.07, 6.45) is 4.05. The molecule has 0 aromatic heterocycles. The van der Waals surface area contributed by atoms with Crippen molar-refractivity contribution in [1.82, 2.24) is 20.0 Å². The van der Waals surface area contributed by atoms with Crippen molar-refractivity contribution in [1.29, 1.82) is 0 Å². The van der Waals surface area contributed by atoms with Gasteiger partial charge in [-0.3, -0.25) is 14.5 Å². The Kier molecular flexibility index (Phi) is 6.84. The highest BCUT2D eigenvalue weighted by molar-refractivity contribution is 6.07. The van der Waals surface area contributed by atoms with Crippen LogP contribution in [0.3, 0.4) is 0 Å². The quantitative estimate of drug-likeness (QED) is 0.691. The van der Waals surface area contributed by atoms with E-state index < -0.39 is 5.54 Å². The molecule has 4 amide bonds. The first kappa shape index (κ1) is 22.8. The zero-order chi connectivity index (χ0) is 22.7. The summed E-state index contributed by atoms with van der Waals surface area (Å²) in [6.45, 7) is 8.21. The number of nitrogens with zero attached hydrogens (tertiary/aromatic N) is 3. The van der Waals surface area contributed by atoms with Crippen molar-refractivity contribution in [2.75, 3.05) is 32.7 Å². The maximum absolute atomic E-state index is 13.4. The van der Waals surface area contributed by atoms with E-state index in [0.29, 0.717) is 44.7 Å². The van der Waals surface area contributed by atoms with Gasteiger partial charge in [0.25, 0.3) is 5.91 Å². The van der Waals surface area contributed by atoms with Crippen molar-refractivity contribution in [2.24, 2.45) is 5.92 Å². The number of carbonyl (C=O) groups excluding carboxylic acids is 3. The lowest BCUT2D eigenvalue weighted by Crippen LogP contribution is -2.56. The fourth-order valence-electron chi connectivity index (χ4n) is 5.39. The molecular formula is C25H36N4O3. The molecule has 174 valence electrons. The van der Waals surface area contributed by atoms with Crippen molar-refractivity contribution < 1.29 is 14.4 Å². The van der Waals surface area contributed by atoms with E-state index in [4.69, 9.17) is 0 Å². The molecule has 7 nitrogen and oxygen atoms in total. The highest BCUT2D eigenvalue weighted by Gasteiger charge is 2.54. The van der Waals surface area contributed by atoms with Gasteiger partial charge in [-0.1, -0.05) is 44.2 Å². The summed E-state index contributed by atoms with van der Waals surface area (Å²) < 4.78 is 0. The van der Waals surface area contributed by atoms with E-state index in [1.165, 1.54) is 4.90 Å². The van der Waals surface area contributed by atoms with E-state index in [-0.39, 0.29) is 23.9 Å². The molecule has 3 saturated heterocycles. The summed E-state index contributed by atoms with van der Waals surface area (Å²) >= 11 is 0. The molecule has 3 aliphatic heterocycles. The number of carbonyl (C=O) groups is 3. The lowest BCUT2D eigenvalue weighted by molar-refractivity contribution is -0.139. The Hall–Kier alpha value is -2.41. The second-order valence-electron chi connectivity index (χ2n) is 10.0. The summed E-state index contributed by atoms with van der Waals surface area (Å²) in [5, 5.41) is 3.04. The number of nitrogens with one attached hydrogen (secondary N) is 1. The molecule has 0 unspecified atom stereocenters. The predicted molar refractivity (Wildman–Crippen MR) is 123 cm³/mol. The molecule has 3 heterocycles. The van der Waals surface area contributed by atoms with E-state index in [0.717, 1.165) is 38.0 Å². The Balaban J connectivity index is 1.35. The normalized spacial score (nSPS) is 23.8. The number of benzene rings is 1. The van der Waals surface area contributed by atoms with Gasteiger partial charge in [0.2, 0.25) is 5.91 Å². The van der Waals surface area contributed by atoms with Crippen LogP contribution in [0.25, 0.3) is 0 Å². The zero-order valence-electron chi connectivity index (χ0n) is 19.4. The SMILES string of the molecule is CC(C)CN1CCC2(CC1)NC(=O)N([C@H]1CCCN(C(=O)CCc3ccccc3)C1)C2=O. The number of imide groups is 1. The second kappa shape index (κ2) is 9.61. The van der Waals surface area contributed by atoms with E-state index in [1.54, 1.807) is 0 Å². The summed E-state index contributed by atoms with van der Waals surface area (Å²) in [6, 6.07) is 9.49. The summed E-state index contributed by atoms with van der Waals surface area (Å²) in [5.41, 5.74) is 0.388. The lowest BCUT2D eigenvalue weighted by Gasteiger charge is -2.39. The molecule has 0 aliphatic carbocycles. The van der Waals surface area contributed by atoms with E-state index >= 15 is 0 Å². The third-order valence-corrected chi connectivity index (χ3v) is 7.11. The Morgan fingerprint density at radius 1 is 1.12 bits per heavy atom. The average Bonchev–Trinajstić information content (AvgIpc) is 3.03. The standard InChI is InChI=1S/C25H36N4O3/c1-19(2)17-27-15-12-25(13-16-27)23(31)29(24(32)26-25)21-9-6-14-28(18-21)22(30)11-10-20-7-4-3-5-8-20/h3-5,7-8,19,21H,6,9-18H2,1-2H3,(H,26,32)/t21-/m0/s1. The van der Waals surface area contributed by atoms with Crippen LogP contribution in [0.4, 0.5) is 4.79 Å². The third kappa shape index (κ3) is 4.82. The second-order valence-corrected chi connectivity index (χ2v) is 10.0. The summed E-state index contributed by atoms with van der Waals surface area (Å²) in [4.78, 5) is 44.8. The highest BCUT2D eigenvalue weighted by atomic mass is 16.2. The molecule has 4 rings (SSSR count). The molecule has 1 atom stereocenters. The minimum absolute atomic E-state index is 0.0877. The van der Waals surface area contributed by atoms with E-state index in [9.17, 15) is 14.4 Å². The van der Waals surface area contributed by atoms with Gasteiger partial charge in [0.15, 0.2) is 0 Å². The monoisotopic (exact) mass is 440 g/mol. The molecule has 7 heteroatoms. The fourth-order valence-corrected chi connectivity index (χ4v) is 5.39. The number of urea groups is 1. The maximum Gasteiger partial charge on any atom is 0.325 e. The smallest absolute Gasteiger partial charge is 0.325 e. The van der Waals surface area contributed by atoms with Crippen LogP contribution in [0.15, 0.2) is 30.3 Å². The van der Waals surface area contributed by atoms with Crippen molar-refractivity contribution >= 4 is 17.8 Å². The van der Waals surface area contributed by atoms with Gasteiger partial charge < -0.3 is 15.1 Å². The molecular weight excluding hydrogens is 404 g/mol. The largest absolute Gasteiger partial charge is 0.341 e.